The van der Waals surface area contributed by atoms with E-state index in [2.05, 4.69) is 28.5 Å². The molecule has 5 heteroatoms. The molecule has 1 amide bonds. The number of morpholine rings is 1. The molecule has 3 aliphatic rings. The maximum atomic E-state index is 12.9. The van der Waals surface area contributed by atoms with Crippen molar-refractivity contribution in [1.82, 2.24) is 14.7 Å². The summed E-state index contributed by atoms with van der Waals surface area (Å²) in [6, 6.07) is 0.345. The number of piperidine rings is 1. The first-order valence-corrected chi connectivity index (χ1v) is 11.6. The zero-order chi connectivity index (χ0) is 19.1. The van der Waals surface area contributed by atoms with Crippen LogP contribution < -0.4 is 0 Å². The normalized spacial score (nSPS) is 27.7. The third kappa shape index (κ3) is 5.91. The van der Waals surface area contributed by atoms with Crippen molar-refractivity contribution in [3.63, 3.8) is 0 Å². The molecule has 0 aromatic rings. The van der Waals surface area contributed by atoms with Crippen LogP contribution in [0.4, 0.5) is 0 Å². The molecule has 2 heterocycles. The standard InChI is InChI=1S/C22H41N3O2/c1-3-23(4-2)13-7-8-19-11-14-24(15-12-19)18-22(26)25-16-17-27-21-10-6-5-9-20(21)25/h19-21H,3-18H2,1-2H3. The predicted molar refractivity (Wildman–Crippen MR) is 110 cm³/mol. The minimum atomic E-state index is 0.299. The van der Waals surface area contributed by atoms with E-state index >= 15 is 0 Å². The molecule has 0 N–H and O–H groups in total. The number of ether oxygens (including phenoxy) is 1. The van der Waals surface area contributed by atoms with Crippen LogP contribution in [0.2, 0.25) is 0 Å². The topological polar surface area (TPSA) is 36.0 Å². The van der Waals surface area contributed by atoms with Crippen LogP contribution in [0.25, 0.3) is 0 Å². The Kier molecular flexibility index (Phi) is 8.41. The summed E-state index contributed by atoms with van der Waals surface area (Å²) in [6.07, 6.45) is 10.3. The van der Waals surface area contributed by atoms with Crippen LogP contribution in [0.3, 0.4) is 0 Å². The van der Waals surface area contributed by atoms with Crippen molar-refractivity contribution in [2.75, 3.05) is 52.4 Å². The van der Waals surface area contributed by atoms with Gasteiger partial charge in [0.1, 0.15) is 0 Å². The van der Waals surface area contributed by atoms with Crippen LogP contribution in [0.15, 0.2) is 0 Å². The van der Waals surface area contributed by atoms with E-state index in [1.54, 1.807) is 0 Å². The molecule has 156 valence electrons. The first-order valence-electron chi connectivity index (χ1n) is 11.6. The van der Waals surface area contributed by atoms with Crippen LogP contribution in [0.1, 0.15) is 65.2 Å². The number of likely N-dealkylation sites (tertiary alicyclic amines) is 1. The smallest absolute Gasteiger partial charge is 0.237 e. The van der Waals surface area contributed by atoms with E-state index in [0.717, 1.165) is 45.0 Å². The summed E-state index contributed by atoms with van der Waals surface area (Å²) in [5.74, 6) is 1.20. The van der Waals surface area contributed by atoms with Gasteiger partial charge in [-0.15, -0.1) is 0 Å². The molecule has 5 nitrogen and oxygen atoms in total. The number of fused-ring (bicyclic) bond motifs is 1. The molecule has 2 aliphatic heterocycles. The lowest BCUT2D eigenvalue weighted by Crippen LogP contribution is -2.57. The lowest BCUT2D eigenvalue weighted by Gasteiger charge is -2.44. The average molecular weight is 380 g/mol. The second-order valence-corrected chi connectivity index (χ2v) is 8.74. The fourth-order valence-electron chi connectivity index (χ4n) is 5.26. The summed E-state index contributed by atoms with van der Waals surface area (Å²) >= 11 is 0. The molecule has 0 radical (unpaired) electrons. The van der Waals surface area contributed by atoms with E-state index in [1.807, 2.05) is 0 Å². The number of nitrogens with zero attached hydrogens (tertiary/aromatic N) is 3. The van der Waals surface area contributed by atoms with Crippen molar-refractivity contribution in [2.45, 2.75) is 77.4 Å². The van der Waals surface area contributed by atoms with Gasteiger partial charge < -0.3 is 14.5 Å². The van der Waals surface area contributed by atoms with Gasteiger partial charge in [0, 0.05) is 6.54 Å². The van der Waals surface area contributed by atoms with Gasteiger partial charge in [0.25, 0.3) is 0 Å². The Morgan fingerprint density at radius 1 is 1.04 bits per heavy atom. The molecule has 2 atom stereocenters. The second-order valence-electron chi connectivity index (χ2n) is 8.74. The van der Waals surface area contributed by atoms with Gasteiger partial charge >= 0.3 is 0 Å². The summed E-state index contributed by atoms with van der Waals surface area (Å²) in [7, 11) is 0. The Hall–Kier alpha value is -0.650. The molecular formula is C22H41N3O2. The summed E-state index contributed by atoms with van der Waals surface area (Å²) in [5.41, 5.74) is 0. The van der Waals surface area contributed by atoms with Gasteiger partial charge in [0.15, 0.2) is 0 Å². The highest BCUT2D eigenvalue weighted by atomic mass is 16.5. The number of rotatable bonds is 8. The Labute approximate surface area is 166 Å². The molecule has 3 rings (SSSR count). The molecule has 0 spiro atoms. The molecule has 0 bridgehead atoms. The zero-order valence-electron chi connectivity index (χ0n) is 17.7. The van der Waals surface area contributed by atoms with Crippen molar-refractivity contribution < 1.29 is 9.53 Å². The Morgan fingerprint density at radius 3 is 2.52 bits per heavy atom. The van der Waals surface area contributed by atoms with Crippen molar-refractivity contribution in [1.29, 1.82) is 0 Å². The SMILES string of the molecule is CCN(CC)CCCC1CCN(CC(=O)N2CCOC3CCCCC32)CC1. The first kappa shape index (κ1) is 21.1. The molecule has 1 saturated carbocycles. The summed E-state index contributed by atoms with van der Waals surface area (Å²) < 4.78 is 5.93. The van der Waals surface area contributed by atoms with Gasteiger partial charge in [-0.2, -0.15) is 0 Å². The molecular weight excluding hydrogens is 338 g/mol. The predicted octanol–water partition coefficient (Wildman–Crippen LogP) is 2.99. The lowest BCUT2D eigenvalue weighted by molar-refractivity contribution is -0.151. The van der Waals surface area contributed by atoms with Gasteiger partial charge in [-0.25, -0.2) is 0 Å². The number of hydrogen-bond acceptors (Lipinski definition) is 4. The molecule has 0 aromatic carbocycles. The van der Waals surface area contributed by atoms with E-state index in [1.165, 1.54) is 58.2 Å². The van der Waals surface area contributed by atoms with Gasteiger partial charge in [0.2, 0.25) is 5.91 Å². The van der Waals surface area contributed by atoms with Crippen molar-refractivity contribution in [3.8, 4) is 0 Å². The number of amides is 1. The monoisotopic (exact) mass is 379 g/mol. The maximum absolute atomic E-state index is 12.9. The molecule has 3 fully saturated rings. The van der Waals surface area contributed by atoms with Crippen LogP contribution in [0, 0.1) is 5.92 Å². The van der Waals surface area contributed by atoms with Crippen LogP contribution in [-0.2, 0) is 9.53 Å². The average Bonchev–Trinajstić information content (AvgIpc) is 2.72. The molecule has 2 saturated heterocycles. The van der Waals surface area contributed by atoms with E-state index in [9.17, 15) is 4.79 Å². The minimum Gasteiger partial charge on any atom is -0.374 e. The molecule has 1 aliphatic carbocycles. The van der Waals surface area contributed by atoms with Gasteiger partial charge in [-0.3, -0.25) is 9.69 Å². The van der Waals surface area contributed by atoms with E-state index < -0.39 is 0 Å². The maximum Gasteiger partial charge on any atom is 0.237 e. The first-order chi connectivity index (χ1) is 13.2. The van der Waals surface area contributed by atoms with Gasteiger partial charge in [-0.1, -0.05) is 26.7 Å². The summed E-state index contributed by atoms with van der Waals surface area (Å²) in [4.78, 5) is 20.0. The van der Waals surface area contributed by atoms with E-state index in [-0.39, 0.29) is 0 Å². The largest absolute Gasteiger partial charge is 0.374 e. The molecule has 0 aromatic heterocycles. The fraction of sp³-hybridized carbons (Fsp3) is 0.955. The summed E-state index contributed by atoms with van der Waals surface area (Å²) in [5, 5.41) is 0. The number of carbonyl (C=O) groups excluding carboxylic acids is 1. The highest BCUT2D eigenvalue weighted by Gasteiger charge is 2.37. The second kappa shape index (κ2) is 10.8. The third-order valence-corrected chi connectivity index (χ3v) is 7.10. The Morgan fingerprint density at radius 2 is 1.78 bits per heavy atom. The highest BCUT2D eigenvalue weighted by molar-refractivity contribution is 5.78. The van der Waals surface area contributed by atoms with Crippen molar-refractivity contribution >= 4 is 5.91 Å². The highest BCUT2D eigenvalue weighted by Crippen LogP contribution is 2.29. The zero-order valence-corrected chi connectivity index (χ0v) is 17.7. The third-order valence-electron chi connectivity index (χ3n) is 7.10. The van der Waals surface area contributed by atoms with E-state index in [4.69, 9.17) is 4.74 Å². The van der Waals surface area contributed by atoms with Gasteiger partial charge in [-0.05, 0) is 77.2 Å². The minimum absolute atomic E-state index is 0.299. The Balaban J connectivity index is 1.36. The quantitative estimate of drug-likeness (QED) is 0.650. The Bertz CT molecular complexity index is 445. The van der Waals surface area contributed by atoms with Crippen LogP contribution in [-0.4, -0.2) is 85.2 Å². The van der Waals surface area contributed by atoms with E-state index in [0.29, 0.717) is 24.6 Å². The fourth-order valence-corrected chi connectivity index (χ4v) is 5.26. The van der Waals surface area contributed by atoms with Crippen LogP contribution >= 0.6 is 0 Å². The molecule has 2 unspecified atom stereocenters. The molecule has 27 heavy (non-hydrogen) atoms. The number of carbonyl (C=O) groups is 1. The van der Waals surface area contributed by atoms with Crippen molar-refractivity contribution in [3.05, 3.63) is 0 Å². The van der Waals surface area contributed by atoms with Crippen LogP contribution in [0.5, 0.6) is 0 Å². The van der Waals surface area contributed by atoms with Crippen molar-refractivity contribution in [2.24, 2.45) is 5.92 Å². The number of hydrogen-bond donors (Lipinski definition) is 0. The van der Waals surface area contributed by atoms with Gasteiger partial charge in [0.05, 0.1) is 25.3 Å². The lowest BCUT2D eigenvalue weighted by atomic mass is 9.90. The summed E-state index contributed by atoms with van der Waals surface area (Å²) in [6.45, 7) is 12.4.